The van der Waals surface area contributed by atoms with Gasteiger partial charge in [0.15, 0.2) is 0 Å². The number of H-pyrrole nitrogens is 1. The summed E-state index contributed by atoms with van der Waals surface area (Å²) in [5.41, 5.74) is 1.69. The Labute approximate surface area is 159 Å². The Bertz CT molecular complexity index is 1130. The third-order valence-corrected chi connectivity index (χ3v) is 4.95. The number of nitrogens with zero attached hydrogens (tertiary/aromatic N) is 2. The highest BCUT2D eigenvalue weighted by Gasteiger charge is 2.23. The number of fused-ring (bicyclic) bond motifs is 1. The Morgan fingerprint density at radius 1 is 1.18 bits per heavy atom. The van der Waals surface area contributed by atoms with Gasteiger partial charge in [0.25, 0.3) is 0 Å². The van der Waals surface area contributed by atoms with Crippen LogP contribution in [0.25, 0.3) is 10.9 Å². The van der Waals surface area contributed by atoms with E-state index in [0.29, 0.717) is 49.5 Å². The number of nitriles is 1. The van der Waals surface area contributed by atoms with Crippen molar-refractivity contribution in [2.24, 2.45) is 0 Å². The van der Waals surface area contributed by atoms with Crippen molar-refractivity contribution in [2.45, 2.75) is 6.42 Å². The predicted octanol–water partition coefficient (Wildman–Crippen LogP) is 3.11. The van der Waals surface area contributed by atoms with Crippen molar-refractivity contribution in [1.29, 1.82) is 5.26 Å². The fraction of sp³-hybridized carbons (Fsp3) is 0.238. The Kier molecular flexibility index (Phi) is 4.80. The molecule has 1 aliphatic heterocycles. The van der Waals surface area contributed by atoms with Crippen molar-refractivity contribution in [2.75, 3.05) is 31.2 Å². The molecule has 1 N–H and O–H groups in total. The van der Waals surface area contributed by atoms with Crippen LogP contribution in [0.1, 0.15) is 16.7 Å². The Morgan fingerprint density at radius 3 is 2.57 bits per heavy atom. The highest BCUT2D eigenvalue weighted by molar-refractivity contribution is 5.88. The molecule has 0 bridgehead atoms. The number of morpholine rings is 1. The first kappa shape index (κ1) is 18.1. The number of hydrogen-bond donors (Lipinski definition) is 1. The number of ether oxygens (including phenoxy) is 1. The zero-order chi connectivity index (χ0) is 19.7. The number of pyridine rings is 1. The lowest BCUT2D eigenvalue weighted by molar-refractivity contribution is 0.122. The van der Waals surface area contributed by atoms with E-state index in [9.17, 15) is 9.18 Å². The average Bonchev–Trinajstić information content (AvgIpc) is 2.71. The standard InChI is InChI=1S/C21H17F2N3O2/c22-15-3-1-13(2-4-15)9-16-19-17(21(27)14(11-24)12-25-19)10-18(23)20(16)26-5-7-28-8-6-26/h1-4,10,12H,5-9H2,(H,25,27). The summed E-state index contributed by atoms with van der Waals surface area (Å²) in [6, 6.07) is 8.98. The first-order valence-corrected chi connectivity index (χ1v) is 8.92. The van der Waals surface area contributed by atoms with Crippen LogP contribution in [0.5, 0.6) is 0 Å². The molecule has 4 rings (SSSR count). The van der Waals surface area contributed by atoms with Gasteiger partial charge in [-0.25, -0.2) is 8.78 Å². The third kappa shape index (κ3) is 3.23. The number of aromatic amines is 1. The van der Waals surface area contributed by atoms with Crippen LogP contribution in [0.3, 0.4) is 0 Å². The van der Waals surface area contributed by atoms with Gasteiger partial charge in [0, 0.05) is 31.3 Å². The van der Waals surface area contributed by atoms with Crippen LogP contribution < -0.4 is 10.3 Å². The van der Waals surface area contributed by atoms with Gasteiger partial charge in [-0.3, -0.25) is 4.79 Å². The fourth-order valence-corrected chi connectivity index (χ4v) is 3.58. The molecule has 7 heteroatoms. The van der Waals surface area contributed by atoms with E-state index in [0.717, 1.165) is 5.56 Å². The molecular weight excluding hydrogens is 364 g/mol. The summed E-state index contributed by atoms with van der Waals surface area (Å²) in [6.45, 7) is 2.02. The number of anilines is 1. The minimum Gasteiger partial charge on any atom is -0.378 e. The minimum absolute atomic E-state index is 0.0706. The average molecular weight is 381 g/mol. The Morgan fingerprint density at radius 2 is 1.89 bits per heavy atom. The van der Waals surface area contributed by atoms with E-state index in [4.69, 9.17) is 10.00 Å². The molecule has 0 atom stereocenters. The Hall–Kier alpha value is -3.24. The van der Waals surface area contributed by atoms with E-state index in [-0.39, 0.29) is 16.8 Å². The number of nitrogens with one attached hydrogen (secondary N) is 1. The smallest absolute Gasteiger partial charge is 0.207 e. The minimum atomic E-state index is -0.521. The number of hydrogen-bond acceptors (Lipinski definition) is 4. The summed E-state index contributed by atoms with van der Waals surface area (Å²) < 4.78 is 33.8. The topological polar surface area (TPSA) is 69.1 Å². The number of aromatic nitrogens is 1. The van der Waals surface area contributed by atoms with Crippen molar-refractivity contribution < 1.29 is 13.5 Å². The van der Waals surface area contributed by atoms with Gasteiger partial charge < -0.3 is 14.6 Å². The lowest BCUT2D eigenvalue weighted by atomic mass is 9.97. The zero-order valence-corrected chi connectivity index (χ0v) is 15.0. The van der Waals surface area contributed by atoms with Crippen molar-refractivity contribution in [3.63, 3.8) is 0 Å². The summed E-state index contributed by atoms with van der Waals surface area (Å²) in [6.07, 6.45) is 1.66. The summed E-state index contributed by atoms with van der Waals surface area (Å²) in [5.74, 6) is -0.875. The van der Waals surface area contributed by atoms with Crippen LogP contribution in [-0.2, 0) is 11.2 Å². The van der Waals surface area contributed by atoms with Crippen LogP contribution in [0.2, 0.25) is 0 Å². The molecule has 5 nitrogen and oxygen atoms in total. The molecule has 142 valence electrons. The summed E-state index contributed by atoms with van der Waals surface area (Å²) in [5, 5.41) is 9.25. The molecule has 0 radical (unpaired) electrons. The first-order chi connectivity index (χ1) is 13.6. The van der Waals surface area contributed by atoms with Crippen molar-refractivity contribution in [3.8, 4) is 6.07 Å². The van der Waals surface area contributed by atoms with E-state index in [1.54, 1.807) is 12.1 Å². The second-order valence-electron chi connectivity index (χ2n) is 6.65. The molecule has 2 aromatic carbocycles. The molecular formula is C21H17F2N3O2. The van der Waals surface area contributed by atoms with E-state index in [1.165, 1.54) is 24.4 Å². The van der Waals surface area contributed by atoms with Crippen LogP contribution in [-0.4, -0.2) is 31.3 Å². The molecule has 28 heavy (non-hydrogen) atoms. The maximum atomic E-state index is 15.2. The zero-order valence-electron chi connectivity index (χ0n) is 15.0. The SMILES string of the molecule is N#Cc1c[nH]c2c(Cc3ccc(F)cc3)c(N3CCOCC3)c(F)cc2c1=O. The van der Waals surface area contributed by atoms with Crippen LogP contribution in [0.4, 0.5) is 14.5 Å². The summed E-state index contributed by atoms with van der Waals surface area (Å²) >= 11 is 0. The predicted molar refractivity (Wildman–Crippen MR) is 101 cm³/mol. The molecule has 3 aromatic rings. The molecule has 0 spiro atoms. The van der Waals surface area contributed by atoms with Gasteiger partial charge in [0.2, 0.25) is 5.43 Å². The van der Waals surface area contributed by atoms with Gasteiger partial charge in [0.05, 0.1) is 29.8 Å². The summed E-state index contributed by atoms with van der Waals surface area (Å²) in [4.78, 5) is 17.4. The number of rotatable bonds is 3. The number of halogens is 2. The van der Waals surface area contributed by atoms with Crippen LogP contribution in [0, 0.1) is 23.0 Å². The van der Waals surface area contributed by atoms with Gasteiger partial charge in [-0.15, -0.1) is 0 Å². The van der Waals surface area contributed by atoms with E-state index in [2.05, 4.69) is 4.98 Å². The normalized spacial score (nSPS) is 14.2. The summed E-state index contributed by atoms with van der Waals surface area (Å²) in [7, 11) is 0. The number of benzene rings is 2. The largest absolute Gasteiger partial charge is 0.378 e. The second-order valence-corrected chi connectivity index (χ2v) is 6.65. The maximum absolute atomic E-state index is 15.2. The van der Waals surface area contributed by atoms with Gasteiger partial charge in [-0.1, -0.05) is 12.1 Å². The molecule has 2 heterocycles. The maximum Gasteiger partial charge on any atom is 0.207 e. The monoisotopic (exact) mass is 381 g/mol. The van der Waals surface area contributed by atoms with E-state index < -0.39 is 11.2 Å². The van der Waals surface area contributed by atoms with E-state index >= 15 is 4.39 Å². The molecule has 0 aliphatic carbocycles. The lowest BCUT2D eigenvalue weighted by Crippen LogP contribution is -2.37. The third-order valence-electron chi connectivity index (χ3n) is 4.95. The van der Waals surface area contributed by atoms with E-state index in [1.807, 2.05) is 11.0 Å². The molecule has 1 saturated heterocycles. The Balaban J connectivity index is 1.95. The highest BCUT2D eigenvalue weighted by atomic mass is 19.1. The quantitative estimate of drug-likeness (QED) is 0.757. The van der Waals surface area contributed by atoms with Gasteiger partial charge in [-0.05, 0) is 23.8 Å². The molecule has 1 aromatic heterocycles. The van der Waals surface area contributed by atoms with Crippen molar-refractivity contribution in [1.82, 2.24) is 4.98 Å². The molecule has 0 unspecified atom stereocenters. The highest BCUT2D eigenvalue weighted by Crippen LogP contribution is 2.32. The fourth-order valence-electron chi connectivity index (χ4n) is 3.58. The van der Waals surface area contributed by atoms with Crippen molar-refractivity contribution >= 4 is 16.6 Å². The first-order valence-electron chi connectivity index (χ1n) is 8.92. The molecule has 0 amide bonds. The molecule has 1 fully saturated rings. The van der Waals surface area contributed by atoms with Crippen molar-refractivity contribution in [3.05, 3.63) is 75.1 Å². The van der Waals surface area contributed by atoms with Gasteiger partial charge in [-0.2, -0.15) is 5.26 Å². The van der Waals surface area contributed by atoms with Gasteiger partial charge >= 0.3 is 0 Å². The second kappa shape index (κ2) is 7.41. The molecule has 1 aliphatic rings. The van der Waals surface area contributed by atoms with Gasteiger partial charge in [0.1, 0.15) is 23.3 Å². The lowest BCUT2D eigenvalue weighted by Gasteiger charge is -2.31. The van der Waals surface area contributed by atoms with Crippen LogP contribution in [0.15, 0.2) is 41.3 Å². The molecule has 0 saturated carbocycles. The van der Waals surface area contributed by atoms with Crippen LogP contribution >= 0.6 is 0 Å².